The van der Waals surface area contributed by atoms with Crippen molar-refractivity contribution in [3.05, 3.63) is 64.7 Å². The molecule has 0 saturated heterocycles. The molecule has 0 spiro atoms. The molecule has 0 saturated carbocycles. The molecular formula is C20H22FN5O2S. The van der Waals surface area contributed by atoms with E-state index in [9.17, 15) is 9.18 Å². The van der Waals surface area contributed by atoms with E-state index in [1.54, 1.807) is 0 Å². The fraction of sp³-hybridized carbons (Fsp3) is 0.250. The van der Waals surface area contributed by atoms with Crippen molar-refractivity contribution in [3.63, 3.8) is 0 Å². The van der Waals surface area contributed by atoms with E-state index in [2.05, 4.69) is 15.5 Å². The smallest absolute Gasteiger partial charge is 0.234 e. The maximum atomic E-state index is 12.9. The molecule has 3 N–H and O–H groups in total. The molecule has 0 aliphatic carbocycles. The number of carbonyl (C=O) groups is 1. The molecule has 3 rings (SSSR count). The van der Waals surface area contributed by atoms with E-state index < -0.39 is 0 Å². The minimum Gasteiger partial charge on any atom is -0.486 e. The Kier molecular flexibility index (Phi) is 6.38. The number of halogens is 1. The van der Waals surface area contributed by atoms with Crippen molar-refractivity contribution in [1.29, 1.82) is 0 Å². The van der Waals surface area contributed by atoms with Crippen molar-refractivity contribution in [1.82, 2.24) is 14.9 Å². The summed E-state index contributed by atoms with van der Waals surface area (Å²) in [5, 5.41) is 11.3. The zero-order valence-corrected chi connectivity index (χ0v) is 17.2. The van der Waals surface area contributed by atoms with Gasteiger partial charge in [0.1, 0.15) is 18.2 Å². The number of hydrogen-bond donors (Lipinski definition) is 2. The summed E-state index contributed by atoms with van der Waals surface area (Å²) in [6.45, 7) is 6.02. The Morgan fingerprint density at radius 3 is 2.48 bits per heavy atom. The predicted molar refractivity (Wildman–Crippen MR) is 111 cm³/mol. The van der Waals surface area contributed by atoms with Crippen LogP contribution in [0.25, 0.3) is 0 Å². The van der Waals surface area contributed by atoms with Gasteiger partial charge < -0.3 is 15.9 Å². The molecule has 0 atom stereocenters. The molecule has 0 aliphatic heterocycles. The highest BCUT2D eigenvalue weighted by molar-refractivity contribution is 7.99. The van der Waals surface area contributed by atoms with Crippen molar-refractivity contribution in [2.24, 2.45) is 0 Å². The second-order valence-corrected chi connectivity index (χ2v) is 7.56. The van der Waals surface area contributed by atoms with Gasteiger partial charge >= 0.3 is 0 Å². The summed E-state index contributed by atoms with van der Waals surface area (Å²) in [5.41, 5.74) is 4.01. The van der Waals surface area contributed by atoms with Gasteiger partial charge in [-0.2, -0.15) is 0 Å². The third-order valence-corrected chi connectivity index (χ3v) is 5.13. The van der Waals surface area contributed by atoms with Crippen LogP contribution in [-0.4, -0.2) is 26.5 Å². The van der Waals surface area contributed by atoms with E-state index in [4.69, 9.17) is 10.6 Å². The van der Waals surface area contributed by atoms with E-state index in [0.717, 1.165) is 22.4 Å². The highest BCUT2D eigenvalue weighted by Gasteiger charge is 2.14. The van der Waals surface area contributed by atoms with Gasteiger partial charge in [0.05, 0.1) is 5.75 Å². The van der Waals surface area contributed by atoms with Crippen LogP contribution in [0.2, 0.25) is 0 Å². The molecule has 0 radical (unpaired) electrons. The maximum Gasteiger partial charge on any atom is 0.234 e. The van der Waals surface area contributed by atoms with Gasteiger partial charge in [-0.05, 0) is 56.2 Å². The van der Waals surface area contributed by atoms with Crippen LogP contribution < -0.4 is 15.9 Å². The lowest BCUT2D eigenvalue weighted by Crippen LogP contribution is -2.18. The van der Waals surface area contributed by atoms with Crippen LogP contribution in [0.3, 0.4) is 0 Å². The molecule has 0 aliphatic rings. The van der Waals surface area contributed by atoms with Gasteiger partial charge in [-0.1, -0.05) is 29.5 Å². The number of benzene rings is 2. The Morgan fingerprint density at radius 1 is 1.17 bits per heavy atom. The van der Waals surface area contributed by atoms with Crippen LogP contribution >= 0.6 is 11.8 Å². The lowest BCUT2D eigenvalue weighted by atomic mass is 10.1. The zero-order chi connectivity index (χ0) is 21.0. The number of hydrogen-bond acceptors (Lipinski definition) is 6. The zero-order valence-electron chi connectivity index (χ0n) is 16.4. The van der Waals surface area contributed by atoms with Crippen LogP contribution in [0, 0.1) is 26.6 Å². The lowest BCUT2D eigenvalue weighted by molar-refractivity contribution is -0.113. The van der Waals surface area contributed by atoms with Gasteiger partial charge in [0.2, 0.25) is 11.1 Å². The molecule has 7 nitrogen and oxygen atoms in total. The highest BCUT2D eigenvalue weighted by atomic mass is 32.2. The normalized spacial score (nSPS) is 10.8. The fourth-order valence-corrected chi connectivity index (χ4v) is 3.54. The largest absolute Gasteiger partial charge is 0.486 e. The van der Waals surface area contributed by atoms with Crippen molar-refractivity contribution < 1.29 is 13.9 Å². The summed E-state index contributed by atoms with van der Waals surface area (Å²) < 4.78 is 19.7. The Bertz CT molecular complexity index is 997. The number of nitrogen functional groups attached to an aromatic ring is 1. The number of ether oxygens (including phenoxy) is 1. The molecule has 1 aromatic heterocycles. The topological polar surface area (TPSA) is 95.1 Å². The number of nitrogens with two attached hydrogens (primary N) is 1. The number of aromatic nitrogens is 3. The molecule has 152 valence electrons. The summed E-state index contributed by atoms with van der Waals surface area (Å²) in [7, 11) is 0. The third kappa shape index (κ3) is 5.26. The van der Waals surface area contributed by atoms with E-state index in [1.165, 1.54) is 40.7 Å². The highest BCUT2D eigenvalue weighted by Crippen LogP contribution is 2.23. The van der Waals surface area contributed by atoms with Gasteiger partial charge in [0.15, 0.2) is 5.82 Å². The predicted octanol–water partition coefficient (Wildman–Crippen LogP) is 3.37. The number of aryl methyl sites for hydroxylation is 3. The first-order chi connectivity index (χ1) is 13.8. The monoisotopic (exact) mass is 415 g/mol. The van der Waals surface area contributed by atoms with Gasteiger partial charge in [0.25, 0.3) is 0 Å². The molecule has 0 bridgehead atoms. The van der Waals surface area contributed by atoms with Crippen LogP contribution in [0.5, 0.6) is 5.75 Å². The first-order valence-corrected chi connectivity index (χ1v) is 9.90. The van der Waals surface area contributed by atoms with E-state index in [-0.39, 0.29) is 24.1 Å². The van der Waals surface area contributed by atoms with Crippen molar-refractivity contribution in [3.8, 4) is 5.75 Å². The minimum absolute atomic E-state index is 0.0731. The van der Waals surface area contributed by atoms with E-state index >= 15 is 0 Å². The maximum absolute atomic E-state index is 12.9. The number of thioether (sulfide) groups is 1. The Balaban J connectivity index is 1.56. The minimum atomic E-state index is -0.340. The molecular weight excluding hydrogens is 393 g/mol. The van der Waals surface area contributed by atoms with Crippen LogP contribution in [-0.2, 0) is 11.4 Å². The second-order valence-electron chi connectivity index (χ2n) is 6.62. The average molecular weight is 415 g/mol. The SMILES string of the molecule is Cc1cc(C)c(NC(=O)CSc2nnc(COc3ccc(F)cc3)n2N)c(C)c1. The first-order valence-electron chi connectivity index (χ1n) is 8.91. The Morgan fingerprint density at radius 2 is 1.83 bits per heavy atom. The Hall–Kier alpha value is -3.07. The summed E-state index contributed by atoms with van der Waals surface area (Å²) in [4.78, 5) is 12.3. The van der Waals surface area contributed by atoms with Crippen molar-refractivity contribution in [2.75, 3.05) is 16.9 Å². The number of nitrogens with zero attached hydrogens (tertiary/aromatic N) is 3. The molecule has 1 amide bonds. The van der Waals surface area contributed by atoms with Crippen molar-refractivity contribution >= 4 is 23.4 Å². The third-order valence-electron chi connectivity index (χ3n) is 4.19. The number of anilines is 1. The standard InChI is InChI=1S/C20H22FN5O2S/c1-12-8-13(2)19(14(3)9-12)23-18(27)11-29-20-25-24-17(26(20)22)10-28-16-6-4-15(21)5-7-16/h4-9H,10-11,22H2,1-3H3,(H,23,27). The molecule has 2 aromatic carbocycles. The van der Waals surface area contributed by atoms with Crippen LogP contribution in [0.4, 0.5) is 10.1 Å². The summed E-state index contributed by atoms with van der Waals surface area (Å²) in [6.07, 6.45) is 0. The number of nitrogens with one attached hydrogen (secondary N) is 1. The molecule has 0 unspecified atom stereocenters. The first kappa shape index (κ1) is 20.7. The van der Waals surface area contributed by atoms with Gasteiger partial charge in [-0.3, -0.25) is 4.79 Å². The summed E-state index contributed by atoms with van der Waals surface area (Å²) in [5.74, 6) is 6.52. The Labute approximate surface area is 172 Å². The molecule has 3 aromatic rings. The van der Waals surface area contributed by atoms with Gasteiger partial charge in [0, 0.05) is 5.69 Å². The van der Waals surface area contributed by atoms with Crippen LogP contribution in [0.15, 0.2) is 41.6 Å². The summed E-state index contributed by atoms with van der Waals surface area (Å²) in [6, 6.07) is 9.70. The average Bonchev–Trinajstić information content (AvgIpc) is 3.02. The van der Waals surface area contributed by atoms with Crippen molar-refractivity contribution in [2.45, 2.75) is 32.5 Å². The van der Waals surface area contributed by atoms with Crippen LogP contribution in [0.1, 0.15) is 22.5 Å². The molecule has 0 fully saturated rings. The van der Waals surface area contributed by atoms with E-state index in [0.29, 0.717) is 16.7 Å². The molecule has 29 heavy (non-hydrogen) atoms. The summed E-state index contributed by atoms with van der Waals surface area (Å²) >= 11 is 1.18. The number of carbonyl (C=O) groups excluding carboxylic acids is 1. The number of amides is 1. The number of rotatable bonds is 7. The molecule has 9 heteroatoms. The second kappa shape index (κ2) is 8.95. The van der Waals surface area contributed by atoms with Gasteiger partial charge in [-0.25, -0.2) is 9.07 Å². The fourth-order valence-electron chi connectivity index (χ4n) is 2.87. The van der Waals surface area contributed by atoms with E-state index in [1.807, 2.05) is 32.9 Å². The quantitative estimate of drug-likeness (QED) is 0.454. The lowest BCUT2D eigenvalue weighted by Gasteiger charge is -2.12. The van der Waals surface area contributed by atoms with Gasteiger partial charge in [-0.15, -0.1) is 10.2 Å². The molecule has 1 heterocycles.